The Morgan fingerprint density at radius 2 is 1.71 bits per heavy atom. The van der Waals surface area contributed by atoms with Crippen LogP contribution in [0.25, 0.3) is 10.9 Å². The highest BCUT2D eigenvalue weighted by Gasteiger charge is 2.03. The number of aromatic nitrogens is 1. The van der Waals surface area contributed by atoms with Crippen LogP contribution in [0.2, 0.25) is 0 Å². The van der Waals surface area contributed by atoms with Crippen LogP contribution < -0.4 is 5.14 Å². The van der Waals surface area contributed by atoms with Crippen molar-refractivity contribution in [3.63, 3.8) is 0 Å². The van der Waals surface area contributed by atoms with Gasteiger partial charge in [-0.25, -0.2) is 0 Å². The van der Waals surface area contributed by atoms with Gasteiger partial charge < -0.3 is 4.55 Å². The van der Waals surface area contributed by atoms with Crippen LogP contribution in [-0.2, 0) is 11.3 Å². The van der Waals surface area contributed by atoms with Gasteiger partial charge in [-0.15, -0.1) is 0 Å². The Balaban J connectivity index is 0.000000317. The first-order chi connectivity index (χ1) is 7.93. The molecular formula is C12H15N2O2S-. The molecule has 0 amide bonds. The maximum absolute atomic E-state index is 8.78. The van der Waals surface area contributed by atoms with Gasteiger partial charge in [0.15, 0.2) is 0 Å². The van der Waals surface area contributed by atoms with Crippen LogP contribution in [0.4, 0.5) is 0 Å². The Morgan fingerprint density at radius 3 is 2.29 bits per heavy atom. The largest absolute Gasteiger partial charge is 0.760 e. The summed E-state index contributed by atoms with van der Waals surface area (Å²) in [5.74, 6) is 0. The summed E-state index contributed by atoms with van der Waals surface area (Å²) < 4.78 is 17.6. The van der Waals surface area contributed by atoms with Gasteiger partial charge in [-0.1, -0.05) is 18.2 Å². The van der Waals surface area contributed by atoms with Gasteiger partial charge in [0.05, 0.1) is 5.52 Å². The average Bonchev–Trinajstić information content (AvgIpc) is 2.25. The highest BCUT2D eigenvalue weighted by atomic mass is 32.2. The molecule has 0 radical (unpaired) electrons. The highest BCUT2D eigenvalue weighted by molar-refractivity contribution is 7.76. The maximum Gasteiger partial charge on any atom is 0.0708 e. The third-order valence-electron chi connectivity index (χ3n) is 2.70. The third-order valence-corrected chi connectivity index (χ3v) is 2.70. The van der Waals surface area contributed by atoms with Crippen molar-refractivity contribution >= 4 is 22.2 Å². The molecule has 4 nitrogen and oxygen atoms in total. The zero-order valence-electron chi connectivity index (χ0n) is 10.1. The van der Waals surface area contributed by atoms with Crippen LogP contribution in [0, 0.1) is 20.8 Å². The van der Waals surface area contributed by atoms with Crippen molar-refractivity contribution < 1.29 is 8.76 Å². The Kier molecular flexibility index (Phi) is 4.74. The van der Waals surface area contributed by atoms with Gasteiger partial charge in [0.25, 0.3) is 0 Å². The number of para-hydroxylation sites is 1. The number of hydrogen-bond donors (Lipinski definition) is 1. The van der Waals surface area contributed by atoms with E-state index < -0.39 is 11.3 Å². The van der Waals surface area contributed by atoms with E-state index in [0.717, 1.165) is 11.2 Å². The number of hydrogen-bond acceptors (Lipinski definition) is 3. The minimum Gasteiger partial charge on any atom is -0.760 e. The quantitative estimate of drug-likeness (QED) is 0.726. The summed E-state index contributed by atoms with van der Waals surface area (Å²) in [6, 6.07) is 8.29. The van der Waals surface area contributed by atoms with Gasteiger partial charge in [-0.2, -0.15) is 0 Å². The van der Waals surface area contributed by atoms with E-state index in [2.05, 4.69) is 49.1 Å². The minimum absolute atomic E-state index is 1.10. The summed E-state index contributed by atoms with van der Waals surface area (Å²) in [7, 11) is 0. The number of benzene rings is 1. The summed E-state index contributed by atoms with van der Waals surface area (Å²) >= 11 is -2.36. The number of fused-ring (bicyclic) bond motifs is 1. The van der Waals surface area contributed by atoms with Gasteiger partial charge >= 0.3 is 0 Å². The predicted octanol–water partition coefficient (Wildman–Crippen LogP) is 1.90. The molecule has 0 aliphatic heterocycles. The molecule has 2 rings (SSSR count). The van der Waals surface area contributed by atoms with E-state index in [0.29, 0.717) is 0 Å². The molecule has 0 aliphatic rings. The molecule has 92 valence electrons. The zero-order chi connectivity index (χ0) is 13.0. The lowest BCUT2D eigenvalue weighted by molar-refractivity contribution is 0.539. The first kappa shape index (κ1) is 13.8. The summed E-state index contributed by atoms with van der Waals surface area (Å²) in [5.41, 5.74) is 4.89. The van der Waals surface area contributed by atoms with Crippen LogP contribution >= 0.6 is 0 Å². The molecule has 1 heterocycles. The van der Waals surface area contributed by atoms with E-state index >= 15 is 0 Å². The van der Waals surface area contributed by atoms with Crippen molar-refractivity contribution in [1.29, 1.82) is 0 Å². The van der Waals surface area contributed by atoms with Gasteiger partial charge in [-0.05, 0) is 38.0 Å². The minimum atomic E-state index is -2.36. The van der Waals surface area contributed by atoms with E-state index in [1.807, 2.05) is 6.07 Å². The number of nitrogens with zero attached hydrogens (tertiary/aromatic N) is 1. The second-order valence-electron chi connectivity index (χ2n) is 3.72. The molecule has 0 aliphatic carbocycles. The lowest BCUT2D eigenvalue weighted by atomic mass is 10.0. The second-order valence-corrected chi connectivity index (χ2v) is 4.25. The van der Waals surface area contributed by atoms with Gasteiger partial charge in [0, 0.05) is 22.3 Å². The number of pyridine rings is 1. The second kappa shape index (κ2) is 5.86. The number of nitrogens with two attached hydrogens (primary N) is 1. The zero-order valence-corrected chi connectivity index (χ0v) is 10.9. The van der Waals surface area contributed by atoms with E-state index in [9.17, 15) is 0 Å². The summed E-state index contributed by atoms with van der Waals surface area (Å²) in [5, 5.41) is 5.30. The standard InChI is InChI=1S/C12H13N.H3NO2S/c1-8-9(2)11-6-4-5-7-12(11)13-10(8)3;1-4(2)3/h4-7H,1-3H3;1H2,(H,2,3)/p-1. The summed E-state index contributed by atoms with van der Waals surface area (Å²) in [4.78, 5) is 4.54. The molecule has 5 heteroatoms. The fraction of sp³-hybridized carbons (Fsp3) is 0.250. The first-order valence-electron chi connectivity index (χ1n) is 5.09. The molecule has 1 unspecified atom stereocenters. The van der Waals surface area contributed by atoms with Crippen LogP contribution in [-0.4, -0.2) is 13.7 Å². The van der Waals surface area contributed by atoms with Crippen molar-refractivity contribution in [2.45, 2.75) is 20.8 Å². The fourth-order valence-corrected chi connectivity index (χ4v) is 1.63. The molecule has 17 heavy (non-hydrogen) atoms. The normalized spacial score (nSPS) is 11.8. The molecule has 1 aromatic heterocycles. The van der Waals surface area contributed by atoms with E-state index in [1.165, 1.54) is 16.5 Å². The fourth-order valence-electron chi connectivity index (χ4n) is 1.63. The molecule has 0 fully saturated rings. The lowest BCUT2D eigenvalue weighted by Gasteiger charge is -2.07. The van der Waals surface area contributed by atoms with Crippen molar-refractivity contribution in [2.75, 3.05) is 0 Å². The molecule has 0 saturated carbocycles. The van der Waals surface area contributed by atoms with E-state index in [4.69, 9.17) is 8.76 Å². The summed E-state index contributed by atoms with van der Waals surface area (Å²) in [6.07, 6.45) is 0. The Labute approximate surface area is 103 Å². The summed E-state index contributed by atoms with van der Waals surface area (Å²) in [6.45, 7) is 6.35. The van der Waals surface area contributed by atoms with E-state index in [1.54, 1.807) is 0 Å². The Morgan fingerprint density at radius 1 is 1.18 bits per heavy atom. The van der Waals surface area contributed by atoms with Gasteiger partial charge in [0.1, 0.15) is 0 Å². The highest BCUT2D eigenvalue weighted by Crippen LogP contribution is 2.20. The predicted molar refractivity (Wildman–Crippen MR) is 69.1 cm³/mol. The Bertz CT molecular complexity index is 551. The van der Waals surface area contributed by atoms with Gasteiger partial charge in [0.2, 0.25) is 0 Å². The molecule has 2 aromatic rings. The number of rotatable bonds is 0. The topological polar surface area (TPSA) is 79.0 Å². The monoisotopic (exact) mass is 251 g/mol. The molecule has 0 saturated heterocycles. The van der Waals surface area contributed by atoms with Crippen LogP contribution in [0.1, 0.15) is 16.8 Å². The first-order valence-corrected chi connectivity index (χ1v) is 6.23. The average molecular weight is 251 g/mol. The van der Waals surface area contributed by atoms with Crippen LogP contribution in [0.15, 0.2) is 24.3 Å². The molecule has 1 atom stereocenters. The molecule has 2 N–H and O–H groups in total. The third kappa shape index (κ3) is 3.59. The maximum atomic E-state index is 8.78. The van der Waals surface area contributed by atoms with Crippen molar-refractivity contribution in [3.8, 4) is 0 Å². The number of aryl methyl sites for hydroxylation is 2. The lowest BCUT2D eigenvalue weighted by Crippen LogP contribution is -1.97. The van der Waals surface area contributed by atoms with Crippen LogP contribution in [0.3, 0.4) is 0 Å². The van der Waals surface area contributed by atoms with Crippen LogP contribution in [0.5, 0.6) is 0 Å². The smallest absolute Gasteiger partial charge is 0.0708 e. The molecule has 0 spiro atoms. The molecular weight excluding hydrogens is 236 g/mol. The van der Waals surface area contributed by atoms with Gasteiger partial charge in [-0.3, -0.25) is 14.3 Å². The molecule has 0 bridgehead atoms. The van der Waals surface area contributed by atoms with Crippen molar-refractivity contribution in [2.24, 2.45) is 5.14 Å². The van der Waals surface area contributed by atoms with Crippen molar-refractivity contribution in [3.05, 3.63) is 41.1 Å². The SMILES string of the molecule is Cc1nc2ccccc2c(C)c1C.NS(=O)[O-]. The Hall–Kier alpha value is -1.30. The van der Waals surface area contributed by atoms with Crippen molar-refractivity contribution in [1.82, 2.24) is 4.98 Å². The van der Waals surface area contributed by atoms with E-state index in [-0.39, 0.29) is 0 Å². The molecule has 1 aromatic carbocycles.